The van der Waals surface area contributed by atoms with E-state index < -0.39 is 5.97 Å². The van der Waals surface area contributed by atoms with Gasteiger partial charge in [0.1, 0.15) is 0 Å². The van der Waals surface area contributed by atoms with Crippen LogP contribution in [0.2, 0.25) is 0 Å². The molecule has 0 aromatic carbocycles. The van der Waals surface area contributed by atoms with Gasteiger partial charge in [-0.2, -0.15) is 0 Å². The predicted octanol–water partition coefficient (Wildman–Crippen LogP) is 2.30. The first kappa shape index (κ1) is 14.7. The number of carboxylic acids is 1. The van der Waals surface area contributed by atoms with E-state index in [9.17, 15) is 9.59 Å². The van der Waals surface area contributed by atoms with E-state index in [0.29, 0.717) is 25.3 Å². The molecule has 4 nitrogen and oxygen atoms in total. The molecule has 0 saturated carbocycles. The molecule has 100 valence electrons. The fraction of sp³-hybridized carbons (Fsp3) is 0.538. The normalized spacial score (nSPS) is 12.1. The molecule has 0 aliphatic rings. The third-order valence-electron chi connectivity index (χ3n) is 2.73. The lowest BCUT2D eigenvalue weighted by molar-refractivity contribution is -0.137. The summed E-state index contributed by atoms with van der Waals surface area (Å²) in [5.74, 6) is -0.408. The fourth-order valence-electron chi connectivity index (χ4n) is 1.61. The number of carbonyl (C=O) groups is 2. The fourth-order valence-corrected chi connectivity index (χ4v) is 2.31. The number of nitrogens with one attached hydrogen (secondary N) is 1. The van der Waals surface area contributed by atoms with E-state index in [1.165, 1.54) is 0 Å². The first-order valence-electron chi connectivity index (χ1n) is 6.09. The van der Waals surface area contributed by atoms with Crippen molar-refractivity contribution in [3.05, 3.63) is 22.4 Å². The van der Waals surface area contributed by atoms with Gasteiger partial charge < -0.3 is 10.4 Å². The topological polar surface area (TPSA) is 66.4 Å². The lowest BCUT2D eigenvalue weighted by Gasteiger charge is -2.10. The van der Waals surface area contributed by atoms with Gasteiger partial charge in [0.05, 0.1) is 6.42 Å². The van der Waals surface area contributed by atoms with Crippen molar-refractivity contribution >= 4 is 23.2 Å². The van der Waals surface area contributed by atoms with Crippen LogP contribution in [0, 0.1) is 5.92 Å². The Hall–Kier alpha value is -1.36. The lowest BCUT2D eigenvalue weighted by Crippen LogP contribution is -2.26. The Labute approximate surface area is 111 Å². The summed E-state index contributed by atoms with van der Waals surface area (Å²) >= 11 is 1.58. The third-order valence-corrected chi connectivity index (χ3v) is 3.60. The average Bonchev–Trinajstić information content (AvgIpc) is 2.79. The number of carbonyl (C=O) groups excluding carboxylic acids is 1. The maximum atomic E-state index is 11.6. The van der Waals surface area contributed by atoms with Gasteiger partial charge in [-0.25, -0.2) is 0 Å². The molecule has 0 aliphatic carbocycles. The summed E-state index contributed by atoms with van der Waals surface area (Å²) < 4.78 is 0. The molecule has 1 rings (SSSR count). The molecule has 0 aliphatic heterocycles. The minimum Gasteiger partial charge on any atom is -0.481 e. The first-order valence-corrected chi connectivity index (χ1v) is 6.96. The average molecular weight is 269 g/mol. The maximum Gasteiger partial charge on any atom is 0.303 e. The van der Waals surface area contributed by atoms with E-state index in [1.54, 1.807) is 11.3 Å². The van der Waals surface area contributed by atoms with Crippen molar-refractivity contribution in [2.45, 2.75) is 32.6 Å². The summed E-state index contributed by atoms with van der Waals surface area (Å²) in [5, 5.41) is 13.4. The van der Waals surface area contributed by atoms with Crippen LogP contribution in [-0.2, 0) is 16.0 Å². The molecule has 5 heteroatoms. The Morgan fingerprint density at radius 1 is 1.44 bits per heavy atom. The summed E-state index contributed by atoms with van der Waals surface area (Å²) in [6.45, 7) is 2.62. The van der Waals surface area contributed by atoms with Gasteiger partial charge >= 0.3 is 5.97 Å². The zero-order valence-corrected chi connectivity index (χ0v) is 11.3. The maximum absolute atomic E-state index is 11.6. The Bertz CT molecular complexity index is 376. The number of rotatable bonds is 8. The molecule has 18 heavy (non-hydrogen) atoms. The highest BCUT2D eigenvalue weighted by Crippen LogP contribution is 2.10. The van der Waals surface area contributed by atoms with Crippen LogP contribution < -0.4 is 5.32 Å². The van der Waals surface area contributed by atoms with E-state index in [1.807, 2.05) is 24.4 Å². The van der Waals surface area contributed by atoms with E-state index in [2.05, 4.69) is 5.32 Å². The van der Waals surface area contributed by atoms with Crippen LogP contribution in [0.15, 0.2) is 17.5 Å². The van der Waals surface area contributed by atoms with Gasteiger partial charge in [-0.15, -0.1) is 11.3 Å². The first-order chi connectivity index (χ1) is 8.58. The number of hydrogen-bond donors (Lipinski definition) is 2. The SMILES string of the molecule is CC(CCNC(=O)Cc1cccs1)CCC(=O)O. The molecule has 0 spiro atoms. The minimum absolute atomic E-state index is 0.0304. The molecular formula is C13H19NO3S. The number of hydrogen-bond acceptors (Lipinski definition) is 3. The zero-order chi connectivity index (χ0) is 13.4. The van der Waals surface area contributed by atoms with Crippen molar-refractivity contribution in [2.24, 2.45) is 5.92 Å². The Kier molecular flexibility index (Phi) is 6.43. The molecule has 0 bridgehead atoms. The van der Waals surface area contributed by atoms with Crippen molar-refractivity contribution in [3.63, 3.8) is 0 Å². The van der Waals surface area contributed by atoms with Crippen LogP contribution >= 0.6 is 11.3 Å². The molecule has 1 amide bonds. The van der Waals surface area contributed by atoms with Crippen LogP contribution in [-0.4, -0.2) is 23.5 Å². The lowest BCUT2D eigenvalue weighted by atomic mass is 10.0. The van der Waals surface area contributed by atoms with Crippen molar-refractivity contribution < 1.29 is 14.7 Å². The molecule has 2 N–H and O–H groups in total. The summed E-state index contributed by atoms with van der Waals surface area (Å²) in [6, 6.07) is 3.88. The summed E-state index contributed by atoms with van der Waals surface area (Å²) in [7, 11) is 0. The highest BCUT2D eigenvalue weighted by molar-refractivity contribution is 7.10. The molecule has 1 aromatic rings. The Balaban J connectivity index is 2.09. The molecule has 1 atom stereocenters. The van der Waals surface area contributed by atoms with Gasteiger partial charge in [0.15, 0.2) is 0 Å². The summed E-state index contributed by atoms with van der Waals surface area (Å²) in [4.78, 5) is 23.0. The number of thiophene rings is 1. The third kappa shape index (κ3) is 6.39. The van der Waals surface area contributed by atoms with Crippen molar-refractivity contribution in [1.82, 2.24) is 5.32 Å². The molecule has 0 radical (unpaired) electrons. The number of amides is 1. The van der Waals surface area contributed by atoms with Gasteiger partial charge in [-0.05, 0) is 30.2 Å². The zero-order valence-electron chi connectivity index (χ0n) is 10.5. The van der Waals surface area contributed by atoms with E-state index >= 15 is 0 Å². The molecule has 0 fully saturated rings. The number of carboxylic acid groups (broad SMARTS) is 1. The molecule has 1 heterocycles. The second kappa shape index (κ2) is 7.87. The van der Waals surface area contributed by atoms with Gasteiger partial charge in [-0.1, -0.05) is 13.0 Å². The number of aliphatic carboxylic acids is 1. The van der Waals surface area contributed by atoms with E-state index in [-0.39, 0.29) is 12.3 Å². The van der Waals surface area contributed by atoms with Gasteiger partial charge in [-0.3, -0.25) is 9.59 Å². The van der Waals surface area contributed by atoms with Crippen molar-refractivity contribution in [2.75, 3.05) is 6.54 Å². The largest absolute Gasteiger partial charge is 0.481 e. The van der Waals surface area contributed by atoms with Crippen LogP contribution in [0.3, 0.4) is 0 Å². The second-order valence-corrected chi connectivity index (χ2v) is 5.46. The summed E-state index contributed by atoms with van der Waals surface area (Å²) in [5.41, 5.74) is 0. The standard InChI is InChI=1S/C13H19NO3S/c1-10(4-5-13(16)17)6-7-14-12(15)9-11-3-2-8-18-11/h2-3,8,10H,4-7,9H2,1H3,(H,14,15)(H,16,17). The van der Waals surface area contributed by atoms with Crippen LogP contribution in [0.1, 0.15) is 31.1 Å². The second-order valence-electron chi connectivity index (χ2n) is 4.43. The van der Waals surface area contributed by atoms with Crippen LogP contribution in [0.25, 0.3) is 0 Å². The minimum atomic E-state index is -0.761. The molecule has 1 unspecified atom stereocenters. The Morgan fingerprint density at radius 2 is 2.22 bits per heavy atom. The quantitative estimate of drug-likeness (QED) is 0.761. The van der Waals surface area contributed by atoms with Gasteiger partial charge in [0, 0.05) is 17.8 Å². The Morgan fingerprint density at radius 3 is 2.83 bits per heavy atom. The summed E-state index contributed by atoms with van der Waals surface area (Å²) in [6.07, 6.45) is 2.12. The smallest absolute Gasteiger partial charge is 0.303 e. The monoisotopic (exact) mass is 269 g/mol. The predicted molar refractivity (Wildman–Crippen MR) is 71.7 cm³/mol. The molecular weight excluding hydrogens is 250 g/mol. The highest BCUT2D eigenvalue weighted by Gasteiger charge is 2.07. The van der Waals surface area contributed by atoms with Crippen molar-refractivity contribution in [3.8, 4) is 0 Å². The van der Waals surface area contributed by atoms with Gasteiger partial charge in [0.25, 0.3) is 0 Å². The van der Waals surface area contributed by atoms with E-state index in [4.69, 9.17) is 5.11 Å². The highest BCUT2D eigenvalue weighted by atomic mass is 32.1. The van der Waals surface area contributed by atoms with Crippen molar-refractivity contribution in [1.29, 1.82) is 0 Å². The molecule has 0 saturated heterocycles. The van der Waals surface area contributed by atoms with Crippen LogP contribution in [0.4, 0.5) is 0 Å². The molecule has 1 aromatic heterocycles. The van der Waals surface area contributed by atoms with E-state index in [0.717, 1.165) is 11.3 Å². The van der Waals surface area contributed by atoms with Gasteiger partial charge in [0.2, 0.25) is 5.91 Å². The van der Waals surface area contributed by atoms with Crippen LogP contribution in [0.5, 0.6) is 0 Å².